The van der Waals surface area contributed by atoms with E-state index in [-0.39, 0.29) is 10.3 Å². The Labute approximate surface area is 222 Å². The Morgan fingerprint density at radius 2 is 1.68 bits per heavy atom. The molecule has 1 aromatic heterocycles. The van der Waals surface area contributed by atoms with Crippen LogP contribution >= 0.6 is 11.3 Å². The van der Waals surface area contributed by atoms with Gasteiger partial charge < -0.3 is 5.32 Å². The van der Waals surface area contributed by atoms with Crippen molar-refractivity contribution in [2.45, 2.75) is 36.2 Å². The molecule has 0 aliphatic heterocycles. The highest BCUT2D eigenvalue weighted by Crippen LogP contribution is 2.33. The maximum Gasteiger partial charge on any atom is 0.416 e. The molecule has 10 heteroatoms. The first-order valence-electron chi connectivity index (χ1n) is 11.8. The summed E-state index contributed by atoms with van der Waals surface area (Å²) < 4.78 is 67.2. The lowest BCUT2D eigenvalue weighted by Gasteiger charge is -2.13. The monoisotopic (exact) mass is 556 g/mol. The fourth-order valence-corrected chi connectivity index (χ4v) is 6.85. The Kier molecular flexibility index (Phi) is 6.89. The Balaban J connectivity index is 1.33. The Bertz CT molecular complexity index is 1600. The number of hydrogen-bond donors (Lipinski definition) is 2. The minimum atomic E-state index is -4.44. The van der Waals surface area contributed by atoms with E-state index in [0.717, 1.165) is 40.2 Å². The minimum absolute atomic E-state index is 0.267. The van der Waals surface area contributed by atoms with E-state index in [9.17, 15) is 26.4 Å². The van der Waals surface area contributed by atoms with Gasteiger partial charge in [-0.25, -0.2) is 13.1 Å². The predicted octanol–water partition coefficient (Wildman–Crippen LogP) is 6.44. The summed E-state index contributed by atoms with van der Waals surface area (Å²) in [5.74, 6) is -0.396. The normalized spacial score (nSPS) is 15.3. The van der Waals surface area contributed by atoms with E-state index in [2.05, 4.69) is 10.0 Å². The smallest absolute Gasteiger partial charge is 0.322 e. The molecule has 4 aromatic rings. The molecule has 3 aromatic carbocycles. The predicted molar refractivity (Wildman–Crippen MR) is 142 cm³/mol. The largest absolute Gasteiger partial charge is 0.416 e. The summed E-state index contributed by atoms with van der Waals surface area (Å²) in [6.45, 7) is 1.85. The average Bonchev–Trinajstić information content (AvgIpc) is 3.53. The van der Waals surface area contributed by atoms with Crippen molar-refractivity contribution >= 4 is 33.0 Å². The van der Waals surface area contributed by atoms with Crippen molar-refractivity contribution in [3.8, 4) is 11.1 Å². The Hall–Kier alpha value is -3.47. The van der Waals surface area contributed by atoms with E-state index in [0.29, 0.717) is 35.2 Å². The second kappa shape index (κ2) is 10.0. The van der Waals surface area contributed by atoms with Gasteiger partial charge in [0.05, 0.1) is 5.56 Å². The molecule has 5 nitrogen and oxygen atoms in total. The van der Waals surface area contributed by atoms with E-state index < -0.39 is 27.7 Å². The van der Waals surface area contributed by atoms with Crippen LogP contribution < -0.4 is 10.0 Å². The third kappa shape index (κ3) is 5.52. The van der Waals surface area contributed by atoms with Crippen molar-refractivity contribution in [3.05, 3.63) is 106 Å². The number of benzene rings is 3. The van der Waals surface area contributed by atoms with Gasteiger partial charge in [0.15, 0.2) is 0 Å². The molecule has 196 valence electrons. The summed E-state index contributed by atoms with van der Waals surface area (Å²) in [4.78, 5) is 13.2. The van der Waals surface area contributed by atoms with Crippen LogP contribution in [0, 0.1) is 6.92 Å². The van der Waals surface area contributed by atoms with Crippen LogP contribution in [-0.4, -0.2) is 20.4 Å². The molecule has 0 radical (unpaired) electrons. The number of fused-ring (bicyclic) bond motifs is 1. The standard InChI is InChI=1S/C28H23F3N2O3S2/c1-17-4-11-24(25(13-17)18-5-8-21(9-6-18)28(29,30)31)27(34)32-22-10-7-19-14-23(16-20(19)15-22)33-38(35,36)26-3-2-12-37-26/h2-13,15,23,33H,14,16H2,1H3,(H,32,34). The molecule has 0 spiro atoms. The fraction of sp³-hybridized carbons (Fsp3) is 0.179. The molecule has 1 aliphatic carbocycles. The molecule has 38 heavy (non-hydrogen) atoms. The molecular formula is C28H23F3N2O3S2. The number of thiophene rings is 1. The molecule has 1 aliphatic rings. The zero-order valence-electron chi connectivity index (χ0n) is 20.2. The number of alkyl halides is 3. The van der Waals surface area contributed by atoms with Gasteiger partial charge in [0, 0.05) is 17.3 Å². The van der Waals surface area contributed by atoms with Crippen molar-refractivity contribution in [1.29, 1.82) is 0 Å². The second-order valence-electron chi connectivity index (χ2n) is 9.22. The molecule has 1 atom stereocenters. The highest BCUT2D eigenvalue weighted by Gasteiger charge is 2.30. The molecule has 1 heterocycles. The van der Waals surface area contributed by atoms with Crippen molar-refractivity contribution in [1.82, 2.24) is 4.72 Å². The molecule has 0 fully saturated rings. The van der Waals surface area contributed by atoms with Crippen LogP contribution in [0.5, 0.6) is 0 Å². The number of carbonyl (C=O) groups is 1. The van der Waals surface area contributed by atoms with Crippen LogP contribution in [0.1, 0.15) is 32.6 Å². The highest BCUT2D eigenvalue weighted by molar-refractivity contribution is 7.91. The van der Waals surface area contributed by atoms with Crippen LogP contribution in [0.4, 0.5) is 18.9 Å². The van der Waals surface area contributed by atoms with Crippen LogP contribution in [0.2, 0.25) is 0 Å². The highest BCUT2D eigenvalue weighted by atomic mass is 32.2. The lowest BCUT2D eigenvalue weighted by atomic mass is 9.96. The minimum Gasteiger partial charge on any atom is -0.322 e. The molecule has 1 unspecified atom stereocenters. The van der Waals surface area contributed by atoms with E-state index in [4.69, 9.17) is 0 Å². The number of halogens is 3. The first kappa shape index (κ1) is 26.1. The summed E-state index contributed by atoms with van der Waals surface area (Å²) in [6.07, 6.45) is -3.41. The number of hydrogen-bond acceptors (Lipinski definition) is 4. The number of anilines is 1. The summed E-state index contributed by atoms with van der Waals surface area (Å²) in [5, 5.41) is 4.59. The van der Waals surface area contributed by atoms with Crippen LogP contribution in [0.15, 0.2) is 82.4 Å². The number of sulfonamides is 1. The molecule has 2 N–H and O–H groups in total. The van der Waals surface area contributed by atoms with Crippen LogP contribution in [-0.2, 0) is 29.0 Å². The number of amides is 1. The zero-order valence-corrected chi connectivity index (χ0v) is 21.8. The van der Waals surface area contributed by atoms with Gasteiger partial charge in [-0.2, -0.15) is 13.2 Å². The van der Waals surface area contributed by atoms with Crippen molar-refractivity contribution in [2.75, 3.05) is 5.32 Å². The quantitative estimate of drug-likeness (QED) is 0.287. The second-order valence-corrected chi connectivity index (χ2v) is 12.1. The van der Waals surface area contributed by atoms with Gasteiger partial charge in [-0.1, -0.05) is 42.0 Å². The maximum absolute atomic E-state index is 13.2. The number of carbonyl (C=O) groups excluding carboxylic acids is 1. The van der Waals surface area contributed by atoms with Crippen LogP contribution in [0.25, 0.3) is 11.1 Å². The molecular weight excluding hydrogens is 533 g/mol. The molecule has 5 rings (SSSR count). The van der Waals surface area contributed by atoms with E-state index >= 15 is 0 Å². The average molecular weight is 557 g/mol. The summed E-state index contributed by atoms with van der Waals surface area (Å²) >= 11 is 1.16. The van der Waals surface area contributed by atoms with Gasteiger partial charge in [-0.05, 0) is 83.8 Å². The van der Waals surface area contributed by atoms with Crippen molar-refractivity contribution < 1.29 is 26.4 Å². The van der Waals surface area contributed by atoms with E-state index in [1.165, 1.54) is 12.1 Å². The first-order valence-corrected chi connectivity index (χ1v) is 14.1. The van der Waals surface area contributed by atoms with Gasteiger partial charge in [0.1, 0.15) is 4.21 Å². The lowest BCUT2D eigenvalue weighted by molar-refractivity contribution is -0.137. The molecule has 0 saturated heterocycles. The third-order valence-corrected chi connectivity index (χ3v) is 9.34. The molecule has 0 saturated carbocycles. The van der Waals surface area contributed by atoms with Gasteiger partial charge in [0.2, 0.25) is 10.0 Å². The van der Waals surface area contributed by atoms with E-state index in [1.54, 1.807) is 41.8 Å². The topological polar surface area (TPSA) is 75.3 Å². The Morgan fingerprint density at radius 1 is 0.947 bits per heavy atom. The Morgan fingerprint density at radius 3 is 2.37 bits per heavy atom. The molecule has 1 amide bonds. The fourth-order valence-electron chi connectivity index (χ4n) is 4.61. The first-order chi connectivity index (χ1) is 18.0. The summed E-state index contributed by atoms with van der Waals surface area (Å²) in [7, 11) is -3.59. The van der Waals surface area contributed by atoms with Crippen LogP contribution in [0.3, 0.4) is 0 Å². The van der Waals surface area contributed by atoms with Gasteiger partial charge in [-0.3, -0.25) is 4.79 Å². The maximum atomic E-state index is 13.2. The number of nitrogens with one attached hydrogen (secondary N) is 2. The number of rotatable bonds is 6. The van der Waals surface area contributed by atoms with E-state index in [1.807, 2.05) is 19.1 Å². The summed E-state index contributed by atoms with van der Waals surface area (Å²) in [5.41, 5.74) is 3.96. The van der Waals surface area contributed by atoms with Gasteiger partial charge in [-0.15, -0.1) is 11.3 Å². The van der Waals surface area contributed by atoms with Crippen molar-refractivity contribution in [3.63, 3.8) is 0 Å². The SMILES string of the molecule is Cc1ccc(C(=O)Nc2ccc3c(c2)CC(NS(=O)(=O)c2cccs2)C3)c(-c2ccc(C(F)(F)F)cc2)c1. The lowest BCUT2D eigenvalue weighted by Crippen LogP contribution is -2.34. The van der Waals surface area contributed by atoms with Crippen molar-refractivity contribution in [2.24, 2.45) is 0 Å². The number of aryl methyl sites for hydroxylation is 1. The van der Waals surface area contributed by atoms with Gasteiger partial charge in [0.25, 0.3) is 5.91 Å². The third-order valence-electron chi connectivity index (χ3n) is 6.42. The summed E-state index contributed by atoms with van der Waals surface area (Å²) in [6, 6.07) is 18.4. The zero-order chi connectivity index (χ0) is 27.1. The van der Waals surface area contributed by atoms with Gasteiger partial charge >= 0.3 is 6.18 Å². The molecule has 0 bridgehead atoms.